The van der Waals surface area contributed by atoms with Crippen LogP contribution in [0.3, 0.4) is 0 Å². The molecule has 3 N–H and O–H groups in total. The lowest BCUT2D eigenvalue weighted by molar-refractivity contribution is -0.144. The number of pyridine rings is 1. The first-order valence-electron chi connectivity index (χ1n) is 4.74. The predicted octanol–water partition coefficient (Wildman–Crippen LogP) is 0.507. The highest BCUT2D eigenvalue weighted by atomic mass is 79.9. The fourth-order valence-electron chi connectivity index (χ4n) is 1.21. The molecule has 0 fully saturated rings. The van der Waals surface area contributed by atoms with Gasteiger partial charge >= 0.3 is 5.97 Å². The summed E-state index contributed by atoms with van der Waals surface area (Å²) in [5, 5.41) is 28.8. The van der Waals surface area contributed by atoms with Gasteiger partial charge in [-0.2, -0.15) is 0 Å². The number of carbonyl (C=O) groups excluding carboxylic acids is 1. The zero-order valence-corrected chi connectivity index (χ0v) is 10.6. The van der Waals surface area contributed by atoms with Crippen molar-refractivity contribution in [2.45, 2.75) is 18.6 Å². The van der Waals surface area contributed by atoms with E-state index in [1.165, 1.54) is 19.2 Å². The summed E-state index contributed by atoms with van der Waals surface area (Å²) in [5.41, 5.74) is -0.101. The molecule has 0 aliphatic carbocycles. The molecule has 94 valence electrons. The SMILES string of the molecule is COC(=O)CC(O)C(O)c1nc(Br)ccc1O. The van der Waals surface area contributed by atoms with Gasteiger partial charge in [-0.05, 0) is 28.1 Å². The van der Waals surface area contributed by atoms with Crippen LogP contribution < -0.4 is 0 Å². The molecule has 0 aliphatic rings. The van der Waals surface area contributed by atoms with Gasteiger partial charge in [-0.25, -0.2) is 4.98 Å². The lowest BCUT2D eigenvalue weighted by atomic mass is 10.1. The Hall–Kier alpha value is -1.18. The monoisotopic (exact) mass is 305 g/mol. The molecule has 0 radical (unpaired) electrons. The zero-order chi connectivity index (χ0) is 13.0. The van der Waals surface area contributed by atoms with E-state index in [4.69, 9.17) is 0 Å². The van der Waals surface area contributed by atoms with Crippen LogP contribution >= 0.6 is 15.9 Å². The summed E-state index contributed by atoms with van der Waals surface area (Å²) in [6, 6.07) is 2.80. The quantitative estimate of drug-likeness (QED) is 0.553. The van der Waals surface area contributed by atoms with Crippen molar-refractivity contribution in [3.05, 3.63) is 22.4 Å². The Balaban J connectivity index is 2.84. The minimum absolute atomic E-state index is 0.101. The van der Waals surface area contributed by atoms with Gasteiger partial charge in [0.15, 0.2) is 0 Å². The number of rotatable bonds is 4. The number of aromatic hydroxyl groups is 1. The van der Waals surface area contributed by atoms with Crippen molar-refractivity contribution in [1.82, 2.24) is 4.98 Å². The molecule has 0 aliphatic heterocycles. The number of hydrogen-bond donors (Lipinski definition) is 3. The lowest BCUT2D eigenvalue weighted by Gasteiger charge is -2.17. The van der Waals surface area contributed by atoms with E-state index in [2.05, 4.69) is 25.7 Å². The normalized spacial score (nSPS) is 14.1. The van der Waals surface area contributed by atoms with Crippen LogP contribution in [-0.4, -0.2) is 39.5 Å². The smallest absolute Gasteiger partial charge is 0.308 e. The third kappa shape index (κ3) is 3.65. The first-order chi connectivity index (χ1) is 7.95. The largest absolute Gasteiger partial charge is 0.506 e. The number of ether oxygens (including phenoxy) is 1. The topological polar surface area (TPSA) is 99.9 Å². The molecule has 0 aromatic carbocycles. The molecule has 0 spiro atoms. The number of hydrogen-bond acceptors (Lipinski definition) is 6. The van der Waals surface area contributed by atoms with E-state index in [1.807, 2.05) is 0 Å². The van der Waals surface area contributed by atoms with Gasteiger partial charge in [0.2, 0.25) is 0 Å². The molecule has 6 nitrogen and oxygen atoms in total. The van der Waals surface area contributed by atoms with Crippen molar-refractivity contribution in [2.75, 3.05) is 7.11 Å². The Kier molecular flexibility index (Phi) is 4.86. The number of nitrogens with zero attached hydrogens (tertiary/aromatic N) is 1. The fraction of sp³-hybridized carbons (Fsp3) is 0.400. The van der Waals surface area contributed by atoms with E-state index >= 15 is 0 Å². The second-order valence-electron chi connectivity index (χ2n) is 3.33. The summed E-state index contributed by atoms with van der Waals surface area (Å²) in [5.74, 6) is -0.921. The molecule has 0 saturated carbocycles. The Morgan fingerprint density at radius 2 is 2.18 bits per heavy atom. The van der Waals surface area contributed by atoms with Crippen LogP contribution in [0.25, 0.3) is 0 Å². The maximum absolute atomic E-state index is 10.9. The van der Waals surface area contributed by atoms with Gasteiger partial charge in [-0.15, -0.1) is 0 Å². The summed E-state index contributed by atoms with van der Waals surface area (Å²) in [6.07, 6.45) is -3.24. The first-order valence-corrected chi connectivity index (χ1v) is 5.53. The van der Waals surface area contributed by atoms with Crippen molar-refractivity contribution in [3.8, 4) is 5.75 Å². The average molecular weight is 306 g/mol. The second-order valence-corrected chi connectivity index (χ2v) is 4.14. The summed E-state index contributed by atoms with van der Waals surface area (Å²) in [4.78, 5) is 14.8. The van der Waals surface area contributed by atoms with Crippen LogP contribution in [0.5, 0.6) is 5.75 Å². The molecule has 17 heavy (non-hydrogen) atoms. The van der Waals surface area contributed by atoms with Crippen molar-refractivity contribution < 1.29 is 24.9 Å². The van der Waals surface area contributed by atoms with E-state index in [0.29, 0.717) is 4.60 Å². The molecular formula is C10H12BrNO5. The van der Waals surface area contributed by atoms with Crippen LogP contribution in [0.4, 0.5) is 0 Å². The zero-order valence-electron chi connectivity index (χ0n) is 9.00. The van der Waals surface area contributed by atoms with Gasteiger partial charge in [0.25, 0.3) is 0 Å². The molecule has 0 bridgehead atoms. The van der Waals surface area contributed by atoms with Crippen molar-refractivity contribution >= 4 is 21.9 Å². The molecule has 1 rings (SSSR count). The molecule has 0 amide bonds. The number of aliphatic hydroxyl groups is 2. The molecule has 7 heteroatoms. The number of esters is 1. The molecular weight excluding hydrogens is 294 g/mol. The Morgan fingerprint density at radius 3 is 2.76 bits per heavy atom. The number of methoxy groups -OCH3 is 1. The Bertz CT molecular complexity index is 412. The highest BCUT2D eigenvalue weighted by molar-refractivity contribution is 9.10. The second kappa shape index (κ2) is 5.95. The first kappa shape index (κ1) is 13.9. The minimum atomic E-state index is -1.47. The van der Waals surface area contributed by atoms with E-state index in [-0.39, 0.29) is 17.9 Å². The van der Waals surface area contributed by atoms with E-state index in [1.54, 1.807) is 0 Å². The standard InChI is InChI=1S/C10H12BrNO5/c1-17-8(15)4-6(14)10(16)9-5(13)2-3-7(11)12-9/h2-3,6,10,13-14,16H,4H2,1H3. The third-order valence-corrected chi connectivity index (χ3v) is 2.56. The van der Waals surface area contributed by atoms with Crippen LogP contribution in [0.15, 0.2) is 16.7 Å². The predicted molar refractivity (Wildman–Crippen MR) is 61.2 cm³/mol. The average Bonchev–Trinajstić information content (AvgIpc) is 2.31. The molecule has 1 aromatic heterocycles. The molecule has 2 unspecified atom stereocenters. The van der Waals surface area contributed by atoms with Gasteiger partial charge in [-0.3, -0.25) is 4.79 Å². The van der Waals surface area contributed by atoms with Gasteiger partial charge in [0.1, 0.15) is 22.2 Å². The van der Waals surface area contributed by atoms with Crippen LogP contribution in [0.1, 0.15) is 18.2 Å². The van der Waals surface area contributed by atoms with Crippen molar-refractivity contribution in [2.24, 2.45) is 0 Å². The molecule has 2 atom stereocenters. The summed E-state index contributed by atoms with van der Waals surface area (Å²) < 4.78 is 4.76. The third-order valence-electron chi connectivity index (χ3n) is 2.12. The number of carbonyl (C=O) groups is 1. The lowest BCUT2D eigenvalue weighted by Crippen LogP contribution is -2.23. The van der Waals surface area contributed by atoms with Crippen molar-refractivity contribution in [1.29, 1.82) is 0 Å². The van der Waals surface area contributed by atoms with Crippen LogP contribution in [0, 0.1) is 0 Å². The highest BCUT2D eigenvalue weighted by Gasteiger charge is 2.25. The Labute approximate surface area is 106 Å². The van der Waals surface area contributed by atoms with E-state index in [9.17, 15) is 20.1 Å². The maximum Gasteiger partial charge on any atom is 0.308 e. The highest BCUT2D eigenvalue weighted by Crippen LogP contribution is 2.27. The minimum Gasteiger partial charge on any atom is -0.506 e. The van der Waals surface area contributed by atoms with Gasteiger partial charge in [-0.1, -0.05) is 0 Å². The fourth-order valence-corrected chi connectivity index (χ4v) is 1.53. The van der Waals surface area contributed by atoms with E-state index < -0.39 is 18.2 Å². The number of aliphatic hydroxyl groups excluding tert-OH is 2. The van der Waals surface area contributed by atoms with Gasteiger partial charge in [0, 0.05) is 0 Å². The number of aromatic nitrogens is 1. The van der Waals surface area contributed by atoms with E-state index in [0.717, 1.165) is 0 Å². The molecule has 1 heterocycles. The van der Waals surface area contributed by atoms with Crippen molar-refractivity contribution in [3.63, 3.8) is 0 Å². The number of halogens is 1. The Morgan fingerprint density at radius 1 is 1.53 bits per heavy atom. The van der Waals surface area contributed by atoms with Gasteiger partial charge < -0.3 is 20.1 Å². The van der Waals surface area contributed by atoms with Crippen LogP contribution in [0.2, 0.25) is 0 Å². The summed E-state index contributed by atoms with van der Waals surface area (Å²) in [7, 11) is 1.18. The summed E-state index contributed by atoms with van der Waals surface area (Å²) >= 11 is 3.07. The van der Waals surface area contributed by atoms with Crippen LogP contribution in [-0.2, 0) is 9.53 Å². The van der Waals surface area contributed by atoms with Gasteiger partial charge in [0.05, 0.1) is 19.6 Å². The molecule has 0 saturated heterocycles. The summed E-state index contributed by atoms with van der Waals surface area (Å²) in [6.45, 7) is 0. The molecule has 1 aromatic rings. The maximum atomic E-state index is 10.9.